The van der Waals surface area contributed by atoms with Crippen LogP contribution in [0.2, 0.25) is 10.0 Å². The zero-order valence-electron chi connectivity index (χ0n) is 17.2. The number of nitrogens with one attached hydrogen (secondary N) is 1. The number of carbonyl (C=O) groups is 1. The minimum Gasteiger partial charge on any atom is -0.490 e. The Morgan fingerprint density at radius 1 is 1.03 bits per heavy atom. The van der Waals surface area contributed by atoms with Crippen LogP contribution in [0, 0.1) is 6.92 Å². The Labute approximate surface area is 191 Å². The van der Waals surface area contributed by atoms with Gasteiger partial charge in [-0.15, -0.1) is 0 Å². The van der Waals surface area contributed by atoms with Gasteiger partial charge in [-0.05, 0) is 55.8 Å². The number of para-hydroxylation sites is 1. The highest BCUT2D eigenvalue weighted by Gasteiger charge is 2.13. The zero-order valence-corrected chi connectivity index (χ0v) is 18.8. The van der Waals surface area contributed by atoms with E-state index in [0.29, 0.717) is 34.7 Å². The fraction of sp³-hybridized carbons (Fsp3) is 0.208. The molecule has 0 unspecified atom stereocenters. The van der Waals surface area contributed by atoms with Crippen molar-refractivity contribution in [3.8, 4) is 11.5 Å². The Morgan fingerprint density at radius 3 is 2.52 bits per heavy atom. The summed E-state index contributed by atoms with van der Waals surface area (Å²) in [5, 5.41) is 13.6. The predicted octanol–water partition coefficient (Wildman–Crippen LogP) is 6.59. The standard InChI is InChI=1S/C24H23Cl2NO4/c1-3-30-22-6-4-5-17(13-27-21-10-8-16(24(28)29)11-15(21)2)23(22)31-14-18-7-9-19(25)12-20(18)26/h4-12,27H,3,13-14H2,1-2H3,(H,28,29). The number of carboxylic acid groups (broad SMARTS) is 1. The summed E-state index contributed by atoms with van der Waals surface area (Å²) < 4.78 is 11.9. The van der Waals surface area contributed by atoms with E-state index in [1.807, 2.05) is 38.1 Å². The zero-order chi connectivity index (χ0) is 22.4. The van der Waals surface area contributed by atoms with Crippen molar-refractivity contribution in [2.45, 2.75) is 27.0 Å². The summed E-state index contributed by atoms with van der Waals surface area (Å²) in [6.07, 6.45) is 0. The number of aryl methyl sites for hydroxylation is 1. The van der Waals surface area contributed by atoms with E-state index in [0.717, 1.165) is 22.4 Å². The van der Waals surface area contributed by atoms with E-state index in [1.165, 1.54) is 0 Å². The topological polar surface area (TPSA) is 67.8 Å². The smallest absolute Gasteiger partial charge is 0.335 e. The fourth-order valence-corrected chi connectivity index (χ4v) is 3.57. The molecule has 0 aliphatic rings. The van der Waals surface area contributed by atoms with E-state index in [1.54, 1.807) is 30.3 Å². The molecule has 0 saturated carbocycles. The van der Waals surface area contributed by atoms with E-state index in [4.69, 9.17) is 37.8 Å². The minimum absolute atomic E-state index is 0.255. The van der Waals surface area contributed by atoms with Crippen LogP contribution >= 0.6 is 23.2 Å². The first-order valence-electron chi connectivity index (χ1n) is 9.78. The summed E-state index contributed by atoms with van der Waals surface area (Å²) >= 11 is 12.3. The van der Waals surface area contributed by atoms with Crippen LogP contribution in [-0.2, 0) is 13.2 Å². The molecule has 0 spiro atoms. The van der Waals surface area contributed by atoms with Gasteiger partial charge in [0.05, 0.1) is 12.2 Å². The van der Waals surface area contributed by atoms with Crippen molar-refractivity contribution in [2.75, 3.05) is 11.9 Å². The lowest BCUT2D eigenvalue weighted by Crippen LogP contribution is -2.07. The lowest BCUT2D eigenvalue weighted by Gasteiger charge is -2.18. The quantitative estimate of drug-likeness (QED) is 0.377. The molecule has 0 fully saturated rings. The predicted molar refractivity (Wildman–Crippen MR) is 124 cm³/mol. The molecule has 31 heavy (non-hydrogen) atoms. The molecule has 3 rings (SSSR count). The Morgan fingerprint density at radius 2 is 1.84 bits per heavy atom. The Balaban J connectivity index is 1.81. The molecule has 0 atom stereocenters. The molecule has 5 nitrogen and oxygen atoms in total. The molecule has 2 N–H and O–H groups in total. The molecule has 0 amide bonds. The number of hydrogen-bond acceptors (Lipinski definition) is 4. The highest BCUT2D eigenvalue weighted by molar-refractivity contribution is 6.35. The third-order valence-electron chi connectivity index (χ3n) is 4.69. The summed E-state index contributed by atoms with van der Waals surface area (Å²) in [5.41, 5.74) is 3.66. The second-order valence-electron chi connectivity index (χ2n) is 6.89. The molecular formula is C24H23Cl2NO4. The van der Waals surface area contributed by atoms with Crippen molar-refractivity contribution in [2.24, 2.45) is 0 Å². The molecule has 162 valence electrons. The first kappa shape index (κ1) is 22.8. The number of benzene rings is 3. The van der Waals surface area contributed by atoms with Gasteiger partial charge in [-0.25, -0.2) is 4.79 Å². The number of carboxylic acids is 1. The summed E-state index contributed by atoms with van der Waals surface area (Å²) in [7, 11) is 0. The molecular weight excluding hydrogens is 437 g/mol. The Bertz CT molecular complexity index is 1090. The summed E-state index contributed by atoms with van der Waals surface area (Å²) in [4.78, 5) is 11.2. The van der Waals surface area contributed by atoms with Gasteiger partial charge < -0.3 is 19.9 Å². The molecule has 0 aliphatic carbocycles. The number of anilines is 1. The molecule has 0 radical (unpaired) electrons. The van der Waals surface area contributed by atoms with Crippen molar-refractivity contribution < 1.29 is 19.4 Å². The van der Waals surface area contributed by atoms with Crippen molar-refractivity contribution in [1.82, 2.24) is 0 Å². The average molecular weight is 460 g/mol. The van der Waals surface area contributed by atoms with E-state index in [2.05, 4.69) is 5.32 Å². The summed E-state index contributed by atoms with van der Waals surface area (Å²) in [6.45, 7) is 5.02. The molecule has 0 heterocycles. The lowest BCUT2D eigenvalue weighted by atomic mass is 10.1. The van der Waals surface area contributed by atoms with Gasteiger partial charge in [0.1, 0.15) is 6.61 Å². The average Bonchev–Trinajstić information content (AvgIpc) is 2.73. The van der Waals surface area contributed by atoms with Gasteiger partial charge in [-0.1, -0.05) is 41.4 Å². The summed E-state index contributed by atoms with van der Waals surface area (Å²) in [5.74, 6) is 0.322. The molecule has 7 heteroatoms. The first-order valence-corrected chi connectivity index (χ1v) is 10.5. The SMILES string of the molecule is CCOc1cccc(CNc2ccc(C(=O)O)cc2C)c1OCc1ccc(Cl)cc1Cl. The van der Waals surface area contributed by atoms with Crippen LogP contribution in [0.25, 0.3) is 0 Å². The van der Waals surface area contributed by atoms with Crippen LogP contribution < -0.4 is 14.8 Å². The Kier molecular flexibility index (Phi) is 7.66. The van der Waals surface area contributed by atoms with Crippen LogP contribution in [0.4, 0.5) is 5.69 Å². The number of halogens is 2. The lowest BCUT2D eigenvalue weighted by molar-refractivity contribution is 0.0697. The van der Waals surface area contributed by atoms with Crippen molar-refractivity contribution in [3.63, 3.8) is 0 Å². The molecule has 3 aromatic rings. The van der Waals surface area contributed by atoms with Crippen LogP contribution in [0.3, 0.4) is 0 Å². The van der Waals surface area contributed by atoms with E-state index < -0.39 is 5.97 Å². The molecule has 3 aromatic carbocycles. The second-order valence-corrected chi connectivity index (χ2v) is 7.73. The number of ether oxygens (including phenoxy) is 2. The van der Waals surface area contributed by atoms with Crippen molar-refractivity contribution in [1.29, 1.82) is 0 Å². The highest BCUT2D eigenvalue weighted by Crippen LogP contribution is 2.34. The van der Waals surface area contributed by atoms with Gasteiger partial charge in [0.2, 0.25) is 0 Å². The highest BCUT2D eigenvalue weighted by atomic mass is 35.5. The van der Waals surface area contributed by atoms with E-state index in [9.17, 15) is 4.79 Å². The maximum absolute atomic E-state index is 11.2. The minimum atomic E-state index is -0.949. The van der Waals surface area contributed by atoms with Gasteiger partial charge in [0, 0.05) is 33.4 Å². The normalized spacial score (nSPS) is 10.6. The maximum atomic E-state index is 11.2. The largest absolute Gasteiger partial charge is 0.490 e. The third-order valence-corrected chi connectivity index (χ3v) is 5.28. The van der Waals surface area contributed by atoms with Gasteiger partial charge in [-0.3, -0.25) is 0 Å². The number of rotatable bonds is 9. The molecule has 0 saturated heterocycles. The van der Waals surface area contributed by atoms with Gasteiger partial charge in [0.15, 0.2) is 11.5 Å². The van der Waals surface area contributed by atoms with E-state index in [-0.39, 0.29) is 12.2 Å². The first-order chi connectivity index (χ1) is 14.9. The Hall–Kier alpha value is -2.89. The van der Waals surface area contributed by atoms with Gasteiger partial charge in [-0.2, -0.15) is 0 Å². The second kappa shape index (κ2) is 10.4. The van der Waals surface area contributed by atoms with Crippen LogP contribution in [-0.4, -0.2) is 17.7 Å². The maximum Gasteiger partial charge on any atom is 0.335 e. The molecule has 0 aliphatic heterocycles. The summed E-state index contributed by atoms with van der Waals surface area (Å²) in [6, 6.07) is 16.0. The van der Waals surface area contributed by atoms with Gasteiger partial charge >= 0.3 is 5.97 Å². The fourth-order valence-electron chi connectivity index (χ4n) is 3.11. The van der Waals surface area contributed by atoms with Crippen molar-refractivity contribution >= 4 is 34.9 Å². The van der Waals surface area contributed by atoms with Crippen molar-refractivity contribution in [3.05, 3.63) is 86.9 Å². The molecule has 0 aromatic heterocycles. The van der Waals surface area contributed by atoms with Crippen LogP contribution in [0.15, 0.2) is 54.6 Å². The number of hydrogen-bond donors (Lipinski definition) is 2. The van der Waals surface area contributed by atoms with Crippen LogP contribution in [0.1, 0.15) is 34.0 Å². The third kappa shape index (κ3) is 5.84. The van der Waals surface area contributed by atoms with Gasteiger partial charge in [0.25, 0.3) is 0 Å². The monoisotopic (exact) mass is 459 g/mol. The van der Waals surface area contributed by atoms with E-state index >= 15 is 0 Å². The van der Waals surface area contributed by atoms with Crippen LogP contribution in [0.5, 0.6) is 11.5 Å². The molecule has 0 bridgehead atoms. The number of aromatic carboxylic acids is 1.